The van der Waals surface area contributed by atoms with E-state index in [1.54, 1.807) is 6.07 Å². The smallest absolute Gasteiger partial charge is 0.159 e. The third kappa shape index (κ3) is 2.90. The molecule has 0 atom stereocenters. The Bertz CT molecular complexity index is 778. The number of hydrogen-bond donors (Lipinski definition) is 1. The first-order valence-electron chi connectivity index (χ1n) is 7.02. The molecule has 0 saturated heterocycles. The first-order chi connectivity index (χ1) is 10.7. The molecule has 0 radical (unpaired) electrons. The van der Waals surface area contributed by atoms with Gasteiger partial charge in [0, 0.05) is 6.54 Å². The molecule has 0 unspecified atom stereocenters. The van der Waals surface area contributed by atoms with Crippen LogP contribution in [0.25, 0.3) is 22.3 Å². The van der Waals surface area contributed by atoms with E-state index in [2.05, 4.69) is 0 Å². The van der Waals surface area contributed by atoms with Crippen LogP contribution in [0.1, 0.15) is 5.56 Å². The number of rotatable bonds is 3. The molecule has 0 aliphatic heterocycles. The lowest BCUT2D eigenvalue weighted by molar-refractivity contribution is 0.509. The van der Waals surface area contributed by atoms with Crippen LogP contribution in [0.15, 0.2) is 66.7 Å². The van der Waals surface area contributed by atoms with Crippen LogP contribution in [-0.2, 0) is 6.54 Å². The molecule has 22 heavy (non-hydrogen) atoms. The minimum atomic E-state index is -0.834. The van der Waals surface area contributed by atoms with E-state index >= 15 is 0 Å². The molecular weight excluding hydrogens is 280 g/mol. The summed E-state index contributed by atoms with van der Waals surface area (Å²) in [5, 5.41) is 0. The van der Waals surface area contributed by atoms with Crippen LogP contribution in [0.3, 0.4) is 0 Å². The fraction of sp³-hybridized carbons (Fsp3) is 0.0526. The zero-order valence-electron chi connectivity index (χ0n) is 11.9. The van der Waals surface area contributed by atoms with Gasteiger partial charge in [-0.3, -0.25) is 0 Å². The van der Waals surface area contributed by atoms with Gasteiger partial charge >= 0.3 is 0 Å². The molecule has 0 bridgehead atoms. The summed E-state index contributed by atoms with van der Waals surface area (Å²) < 4.78 is 26.3. The SMILES string of the molecule is NCc1ccc(-c2ccc(-c3ccc(F)c(F)c3)cc2)cc1. The summed E-state index contributed by atoms with van der Waals surface area (Å²) in [6.45, 7) is 0.523. The van der Waals surface area contributed by atoms with Crippen molar-refractivity contribution in [1.29, 1.82) is 0 Å². The average molecular weight is 295 g/mol. The molecule has 0 aliphatic carbocycles. The average Bonchev–Trinajstić information content (AvgIpc) is 2.58. The highest BCUT2D eigenvalue weighted by Crippen LogP contribution is 2.26. The van der Waals surface area contributed by atoms with Crippen LogP contribution >= 0.6 is 0 Å². The summed E-state index contributed by atoms with van der Waals surface area (Å²) in [5.74, 6) is -1.67. The van der Waals surface area contributed by atoms with E-state index in [1.807, 2.05) is 48.5 Å². The number of hydrogen-bond acceptors (Lipinski definition) is 1. The van der Waals surface area contributed by atoms with Crippen LogP contribution in [0, 0.1) is 11.6 Å². The Morgan fingerprint density at radius 1 is 0.591 bits per heavy atom. The van der Waals surface area contributed by atoms with E-state index in [0.29, 0.717) is 12.1 Å². The maximum Gasteiger partial charge on any atom is 0.159 e. The molecule has 1 nitrogen and oxygen atoms in total. The Balaban J connectivity index is 1.89. The van der Waals surface area contributed by atoms with Crippen molar-refractivity contribution in [3.05, 3.63) is 83.9 Å². The zero-order valence-corrected chi connectivity index (χ0v) is 11.9. The fourth-order valence-corrected chi connectivity index (χ4v) is 2.36. The highest BCUT2D eigenvalue weighted by atomic mass is 19.2. The lowest BCUT2D eigenvalue weighted by atomic mass is 9.99. The topological polar surface area (TPSA) is 26.0 Å². The minimum Gasteiger partial charge on any atom is -0.326 e. The predicted octanol–water partition coefficient (Wildman–Crippen LogP) is 4.76. The highest BCUT2D eigenvalue weighted by Gasteiger charge is 2.05. The van der Waals surface area contributed by atoms with E-state index in [-0.39, 0.29) is 0 Å². The molecule has 0 heterocycles. The summed E-state index contributed by atoms with van der Waals surface area (Å²) in [6, 6.07) is 19.7. The van der Waals surface area contributed by atoms with E-state index in [1.165, 1.54) is 6.07 Å². The highest BCUT2D eigenvalue weighted by molar-refractivity contribution is 5.70. The maximum absolute atomic E-state index is 13.3. The summed E-state index contributed by atoms with van der Waals surface area (Å²) >= 11 is 0. The quantitative estimate of drug-likeness (QED) is 0.741. The van der Waals surface area contributed by atoms with Gasteiger partial charge in [0.05, 0.1) is 0 Å². The van der Waals surface area contributed by atoms with Crippen LogP contribution in [0.5, 0.6) is 0 Å². The van der Waals surface area contributed by atoms with Crippen molar-refractivity contribution in [2.24, 2.45) is 5.73 Å². The second-order valence-corrected chi connectivity index (χ2v) is 5.11. The summed E-state index contributed by atoms with van der Waals surface area (Å²) in [4.78, 5) is 0. The van der Waals surface area contributed by atoms with Gasteiger partial charge in [-0.05, 0) is 39.9 Å². The van der Waals surface area contributed by atoms with Gasteiger partial charge in [0.25, 0.3) is 0 Å². The largest absolute Gasteiger partial charge is 0.326 e. The molecule has 0 fully saturated rings. The van der Waals surface area contributed by atoms with Crippen LogP contribution in [0.2, 0.25) is 0 Å². The van der Waals surface area contributed by atoms with Gasteiger partial charge in [-0.15, -0.1) is 0 Å². The zero-order chi connectivity index (χ0) is 15.5. The van der Waals surface area contributed by atoms with Gasteiger partial charge in [-0.1, -0.05) is 54.6 Å². The molecule has 0 amide bonds. The lowest BCUT2D eigenvalue weighted by Gasteiger charge is -2.06. The van der Waals surface area contributed by atoms with Crippen LogP contribution < -0.4 is 5.73 Å². The Hall–Kier alpha value is -2.52. The number of benzene rings is 3. The van der Waals surface area contributed by atoms with Crippen molar-refractivity contribution in [1.82, 2.24) is 0 Å². The Morgan fingerprint density at radius 3 is 1.55 bits per heavy atom. The van der Waals surface area contributed by atoms with E-state index in [9.17, 15) is 8.78 Å². The molecule has 0 aromatic heterocycles. The van der Waals surface area contributed by atoms with Crippen molar-refractivity contribution < 1.29 is 8.78 Å². The standard InChI is InChI=1S/C19H15F2N/c20-18-10-9-17(11-19(18)21)16-7-5-15(6-8-16)14-3-1-13(12-22)2-4-14/h1-11H,12,22H2. The van der Waals surface area contributed by atoms with Gasteiger partial charge in [0.2, 0.25) is 0 Å². The molecule has 3 rings (SSSR count). The second-order valence-electron chi connectivity index (χ2n) is 5.11. The Kier molecular flexibility index (Phi) is 3.98. The molecule has 110 valence electrons. The molecule has 3 aromatic carbocycles. The normalized spacial score (nSPS) is 10.7. The van der Waals surface area contributed by atoms with Gasteiger partial charge in [-0.2, -0.15) is 0 Å². The van der Waals surface area contributed by atoms with Gasteiger partial charge < -0.3 is 5.73 Å². The molecule has 3 aromatic rings. The number of nitrogens with two attached hydrogens (primary N) is 1. The summed E-state index contributed by atoms with van der Waals surface area (Å²) in [7, 11) is 0. The Labute approximate surface area is 128 Å². The van der Waals surface area contributed by atoms with E-state index in [0.717, 1.165) is 28.3 Å². The molecule has 3 heteroatoms. The minimum absolute atomic E-state index is 0.523. The number of halogens is 2. The predicted molar refractivity (Wildman–Crippen MR) is 85.1 cm³/mol. The first kappa shape index (κ1) is 14.4. The monoisotopic (exact) mass is 295 g/mol. The van der Waals surface area contributed by atoms with Crippen molar-refractivity contribution in [2.75, 3.05) is 0 Å². The van der Waals surface area contributed by atoms with Gasteiger partial charge in [0.15, 0.2) is 11.6 Å². The fourth-order valence-electron chi connectivity index (χ4n) is 2.36. The molecule has 2 N–H and O–H groups in total. The van der Waals surface area contributed by atoms with Crippen molar-refractivity contribution >= 4 is 0 Å². The summed E-state index contributed by atoms with van der Waals surface area (Å²) in [5.41, 5.74) is 10.3. The van der Waals surface area contributed by atoms with Gasteiger partial charge in [-0.25, -0.2) is 8.78 Å². The van der Waals surface area contributed by atoms with Crippen LogP contribution in [0.4, 0.5) is 8.78 Å². The second kappa shape index (κ2) is 6.08. The molecule has 0 saturated carbocycles. The van der Waals surface area contributed by atoms with Crippen molar-refractivity contribution in [3.8, 4) is 22.3 Å². The Morgan fingerprint density at radius 2 is 1.05 bits per heavy atom. The van der Waals surface area contributed by atoms with Crippen LogP contribution in [-0.4, -0.2) is 0 Å². The third-order valence-electron chi connectivity index (χ3n) is 3.66. The van der Waals surface area contributed by atoms with Crippen molar-refractivity contribution in [2.45, 2.75) is 6.54 Å². The van der Waals surface area contributed by atoms with E-state index < -0.39 is 11.6 Å². The third-order valence-corrected chi connectivity index (χ3v) is 3.66. The summed E-state index contributed by atoms with van der Waals surface area (Å²) in [6.07, 6.45) is 0. The maximum atomic E-state index is 13.3. The molecular formula is C19H15F2N. The van der Waals surface area contributed by atoms with Crippen molar-refractivity contribution in [3.63, 3.8) is 0 Å². The molecule has 0 spiro atoms. The van der Waals surface area contributed by atoms with Gasteiger partial charge in [0.1, 0.15) is 0 Å². The lowest BCUT2D eigenvalue weighted by Crippen LogP contribution is -1.95. The van der Waals surface area contributed by atoms with E-state index in [4.69, 9.17) is 5.73 Å². The first-order valence-corrected chi connectivity index (χ1v) is 7.02. The molecule has 0 aliphatic rings.